The van der Waals surface area contributed by atoms with Crippen LogP contribution in [0.5, 0.6) is 0 Å². The Bertz CT molecular complexity index is 1170. The average molecular weight is 594 g/mol. The van der Waals surface area contributed by atoms with Crippen LogP contribution in [0.15, 0.2) is 54.6 Å². The van der Waals surface area contributed by atoms with Crippen molar-refractivity contribution in [3.63, 3.8) is 0 Å². The third kappa shape index (κ3) is 8.57. The smallest absolute Gasteiger partial charge is 0.410 e. The molecule has 4 atom stereocenters. The number of piperidine rings is 1. The number of nitrogens with zero attached hydrogens (tertiary/aromatic N) is 2. The van der Waals surface area contributed by atoms with Gasteiger partial charge in [0.25, 0.3) is 0 Å². The van der Waals surface area contributed by atoms with E-state index >= 15 is 0 Å². The van der Waals surface area contributed by atoms with Crippen LogP contribution in [0.25, 0.3) is 0 Å². The van der Waals surface area contributed by atoms with E-state index in [1.165, 1.54) is 24.1 Å². The van der Waals surface area contributed by atoms with Gasteiger partial charge in [-0.1, -0.05) is 68.7 Å². The van der Waals surface area contributed by atoms with Gasteiger partial charge in [-0.15, -0.1) is 0 Å². The van der Waals surface area contributed by atoms with Crippen molar-refractivity contribution in [2.24, 2.45) is 11.8 Å². The molecule has 234 valence electrons. The summed E-state index contributed by atoms with van der Waals surface area (Å²) in [6, 6.07) is 16.6. The molecule has 2 aromatic carbocycles. The summed E-state index contributed by atoms with van der Waals surface area (Å²) in [4.78, 5) is 29.6. The minimum absolute atomic E-state index is 0.138. The third-order valence-corrected chi connectivity index (χ3v) is 9.92. The fourth-order valence-corrected chi connectivity index (χ4v) is 7.38. The van der Waals surface area contributed by atoms with Crippen molar-refractivity contribution >= 4 is 12.1 Å². The van der Waals surface area contributed by atoms with Gasteiger partial charge < -0.3 is 25.0 Å². The lowest BCUT2D eigenvalue weighted by atomic mass is 9.80. The van der Waals surface area contributed by atoms with Crippen LogP contribution in [-0.2, 0) is 16.1 Å². The van der Waals surface area contributed by atoms with E-state index in [4.69, 9.17) is 4.74 Å². The molecule has 2 N–H and O–H groups in total. The standard InChI is InChI=1S/C35H48FN3O4/c1-2-17-39(35(42)43-24-26-11-13-29(36)14-12-26)31-15-18-38(19-16-31)23-28-21-30(22-32(28)27-9-4-3-5-10-27)37-33(34(40)41)20-25-7-6-8-25/h3-5,9-14,25,28,30-33,37H,2,6-8,15-24H2,1H3,(H,40,41)/t28-,30?,32-,33?/m1/s1. The third-order valence-electron chi connectivity index (χ3n) is 9.92. The van der Waals surface area contributed by atoms with Gasteiger partial charge in [0.2, 0.25) is 0 Å². The van der Waals surface area contributed by atoms with Crippen LogP contribution in [0.4, 0.5) is 9.18 Å². The van der Waals surface area contributed by atoms with E-state index in [1.54, 1.807) is 12.1 Å². The minimum atomic E-state index is -0.721. The number of nitrogens with one attached hydrogen (secondary N) is 1. The normalized spacial score (nSPS) is 23.9. The predicted octanol–water partition coefficient (Wildman–Crippen LogP) is 6.43. The Labute approximate surface area is 255 Å². The predicted molar refractivity (Wildman–Crippen MR) is 165 cm³/mol. The quantitative estimate of drug-likeness (QED) is 0.278. The number of ether oxygens (including phenoxy) is 1. The molecular weight excluding hydrogens is 545 g/mol. The highest BCUT2D eigenvalue weighted by atomic mass is 19.1. The van der Waals surface area contributed by atoms with Gasteiger partial charge >= 0.3 is 12.1 Å². The number of carbonyl (C=O) groups is 2. The number of aliphatic carboxylic acids is 1. The maximum absolute atomic E-state index is 13.2. The SMILES string of the molecule is CCCN(C(=O)OCc1ccc(F)cc1)C1CCN(C[C@H]2CC(NC(CC3CCC3)C(=O)O)C[C@@H]2c2ccccc2)CC1. The van der Waals surface area contributed by atoms with Crippen molar-refractivity contribution < 1.29 is 23.8 Å². The van der Waals surface area contributed by atoms with Gasteiger partial charge in [0.15, 0.2) is 0 Å². The Balaban J connectivity index is 1.16. The summed E-state index contributed by atoms with van der Waals surface area (Å²) in [5.74, 6) is 0.364. The number of amides is 1. The molecule has 2 aromatic rings. The molecule has 0 aromatic heterocycles. The van der Waals surface area contributed by atoms with E-state index in [9.17, 15) is 19.1 Å². The van der Waals surface area contributed by atoms with Gasteiger partial charge in [0, 0.05) is 38.3 Å². The first-order valence-corrected chi connectivity index (χ1v) is 16.3. The molecule has 5 rings (SSSR count). The highest BCUT2D eigenvalue weighted by Gasteiger charge is 2.39. The lowest BCUT2D eigenvalue weighted by Gasteiger charge is -2.39. The van der Waals surface area contributed by atoms with Gasteiger partial charge in [0.05, 0.1) is 0 Å². The van der Waals surface area contributed by atoms with Crippen LogP contribution in [0.3, 0.4) is 0 Å². The van der Waals surface area contributed by atoms with Crippen molar-refractivity contribution in [2.45, 2.75) is 95.4 Å². The topological polar surface area (TPSA) is 82.1 Å². The Morgan fingerprint density at radius 2 is 1.77 bits per heavy atom. The number of benzene rings is 2. The summed E-state index contributed by atoms with van der Waals surface area (Å²) < 4.78 is 18.9. The summed E-state index contributed by atoms with van der Waals surface area (Å²) in [6.07, 6.45) is 8.58. The number of carboxylic acid groups (broad SMARTS) is 1. The molecular formula is C35H48FN3O4. The van der Waals surface area contributed by atoms with Crippen LogP contribution in [0.1, 0.15) is 81.8 Å². The van der Waals surface area contributed by atoms with Gasteiger partial charge in [0.1, 0.15) is 18.5 Å². The zero-order valence-electron chi connectivity index (χ0n) is 25.5. The van der Waals surface area contributed by atoms with E-state index in [2.05, 4.69) is 47.5 Å². The number of hydrogen-bond acceptors (Lipinski definition) is 5. The molecule has 1 heterocycles. The molecule has 8 heteroatoms. The monoisotopic (exact) mass is 593 g/mol. The Hall–Kier alpha value is -2.97. The Morgan fingerprint density at radius 3 is 2.40 bits per heavy atom. The lowest BCUT2D eigenvalue weighted by molar-refractivity contribution is -0.140. The highest BCUT2D eigenvalue weighted by molar-refractivity contribution is 5.73. The molecule has 3 aliphatic rings. The first-order chi connectivity index (χ1) is 20.9. The molecule has 2 unspecified atom stereocenters. The van der Waals surface area contributed by atoms with Crippen LogP contribution >= 0.6 is 0 Å². The second-order valence-corrected chi connectivity index (χ2v) is 12.9. The van der Waals surface area contributed by atoms with E-state index < -0.39 is 12.0 Å². The van der Waals surface area contributed by atoms with Crippen molar-refractivity contribution in [3.05, 3.63) is 71.5 Å². The van der Waals surface area contributed by atoms with E-state index in [-0.39, 0.29) is 30.6 Å². The Morgan fingerprint density at radius 1 is 1.05 bits per heavy atom. The molecule has 0 bridgehead atoms. The molecule has 2 saturated carbocycles. The molecule has 1 saturated heterocycles. The summed E-state index contributed by atoms with van der Waals surface area (Å²) in [6.45, 7) is 5.69. The minimum Gasteiger partial charge on any atom is -0.480 e. The van der Waals surface area contributed by atoms with Crippen LogP contribution in [-0.4, -0.2) is 71.3 Å². The van der Waals surface area contributed by atoms with Crippen molar-refractivity contribution in [3.8, 4) is 0 Å². The number of rotatable bonds is 13. The van der Waals surface area contributed by atoms with Crippen molar-refractivity contribution in [1.29, 1.82) is 0 Å². The number of hydrogen-bond donors (Lipinski definition) is 2. The largest absolute Gasteiger partial charge is 0.480 e. The molecule has 1 aliphatic heterocycles. The second-order valence-electron chi connectivity index (χ2n) is 12.9. The molecule has 3 fully saturated rings. The van der Waals surface area contributed by atoms with Gasteiger partial charge in [-0.05, 0) is 79.5 Å². The van der Waals surface area contributed by atoms with Crippen molar-refractivity contribution in [2.75, 3.05) is 26.2 Å². The maximum Gasteiger partial charge on any atom is 0.410 e. The lowest BCUT2D eigenvalue weighted by Crippen LogP contribution is -2.48. The van der Waals surface area contributed by atoms with Gasteiger partial charge in [-0.25, -0.2) is 9.18 Å². The fourth-order valence-electron chi connectivity index (χ4n) is 7.38. The average Bonchev–Trinajstić information content (AvgIpc) is 3.39. The second kappa shape index (κ2) is 15.2. The fraction of sp³-hybridized carbons (Fsp3) is 0.600. The maximum atomic E-state index is 13.2. The zero-order valence-corrected chi connectivity index (χ0v) is 25.5. The summed E-state index contributed by atoms with van der Waals surface area (Å²) in [7, 11) is 0. The van der Waals surface area contributed by atoms with E-state index in [0.29, 0.717) is 24.3 Å². The zero-order chi connectivity index (χ0) is 30.2. The summed E-state index contributed by atoms with van der Waals surface area (Å²) in [5, 5.41) is 13.5. The molecule has 1 amide bonds. The summed E-state index contributed by atoms with van der Waals surface area (Å²) >= 11 is 0. The first kappa shape index (κ1) is 31.5. The van der Waals surface area contributed by atoms with Crippen molar-refractivity contribution in [1.82, 2.24) is 15.1 Å². The van der Waals surface area contributed by atoms with E-state index in [0.717, 1.165) is 76.6 Å². The van der Waals surface area contributed by atoms with Crippen LogP contribution in [0.2, 0.25) is 0 Å². The Kier molecular flexibility index (Phi) is 11.1. The molecule has 43 heavy (non-hydrogen) atoms. The number of likely N-dealkylation sites (tertiary alicyclic amines) is 1. The van der Waals surface area contributed by atoms with Crippen LogP contribution in [0, 0.1) is 17.7 Å². The molecule has 2 aliphatic carbocycles. The summed E-state index contributed by atoms with van der Waals surface area (Å²) in [5.41, 5.74) is 2.12. The van der Waals surface area contributed by atoms with Gasteiger partial charge in [-0.2, -0.15) is 0 Å². The molecule has 0 radical (unpaired) electrons. The highest BCUT2D eigenvalue weighted by Crippen LogP contribution is 2.41. The van der Waals surface area contributed by atoms with E-state index in [1.807, 2.05) is 4.90 Å². The van der Waals surface area contributed by atoms with Crippen LogP contribution < -0.4 is 5.32 Å². The molecule has 0 spiro atoms. The first-order valence-electron chi connectivity index (χ1n) is 16.3. The number of carboxylic acids is 1. The van der Waals surface area contributed by atoms with Gasteiger partial charge in [-0.3, -0.25) is 4.79 Å². The number of carbonyl (C=O) groups excluding carboxylic acids is 1. The number of halogens is 1. The molecule has 7 nitrogen and oxygen atoms in total.